The second-order valence-corrected chi connectivity index (χ2v) is 15.3. The Bertz CT molecular complexity index is 1280. The molecule has 13 heteroatoms. The minimum absolute atomic E-state index is 0.0627. The molecule has 162 valence electrons. The van der Waals surface area contributed by atoms with Crippen LogP contribution in [0.25, 0.3) is 0 Å². The average Bonchev–Trinajstić information content (AvgIpc) is 3.36. The number of pyridine rings is 2. The van der Waals surface area contributed by atoms with Crippen molar-refractivity contribution in [1.82, 2.24) is 18.5 Å². The molecule has 0 saturated heterocycles. The van der Waals surface area contributed by atoms with Crippen molar-refractivity contribution >= 4 is 90.8 Å². The van der Waals surface area contributed by atoms with E-state index in [4.69, 9.17) is 4.74 Å². The standard InChI is InChI=1S/C20H18N6O3S2.Ra.Rb.H/c1-11-17(8-23-26-11)29-16-6-13(31-18-4-3-5-21-12(18)2)7-22-19(16)25-20-24-14(10-30-20)15(28)9-27;;;/h3-7,10,15,27-28H,9H2,1-2H3,(H-,22,23,24,25,26);;;/q-1;;+1;. The summed E-state index contributed by atoms with van der Waals surface area (Å²) in [5, 5.41) is 29.1. The Balaban J connectivity index is 1.68. The van der Waals surface area contributed by atoms with Crippen LogP contribution in [0.4, 0.5) is 10.9 Å². The quantitative estimate of drug-likeness (QED) is 0.249. The molecule has 0 fully saturated rings. The van der Waals surface area contributed by atoms with E-state index in [2.05, 4.69) is 23.8 Å². The first kappa shape index (κ1) is 26.3. The number of hydrogen-bond acceptors (Lipinski definition) is 10. The van der Waals surface area contributed by atoms with Crippen molar-refractivity contribution in [1.29, 1.82) is 0 Å². The molecule has 0 radical (unpaired) electrons. The van der Waals surface area contributed by atoms with Gasteiger partial charge in [-0.1, -0.05) is 0 Å². The van der Waals surface area contributed by atoms with Gasteiger partial charge in [-0.3, -0.25) is 0 Å². The molecular weight excluding hydrogens is 748 g/mol. The fourth-order valence-electron chi connectivity index (χ4n) is 3.06. The van der Waals surface area contributed by atoms with Crippen LogP contribution in [-0.4, -0.2) is 91.3 Å². The summed E-state index contributed by atoms with van der Waals surface area (Å²) in [6, 6.07) is 5.90. The molecule has 33 heavy (non-hydrogen) atoms. The summed E-state index contributed by atoms with van der Waals surface area (Å²) in [6.45, 7) is 3.56. The van der Waals surface area contributed by atoms with Crippen LogP contribution in [-0.2, 0) is 0 Å². The SMILES string of the molecule is Cc1ncccc1Sc1cnc(Nc2nc(C(O)CO)cs2)c(Oc2c(C)n[n]([Rb])[c]2[RaH])c1. The zero-order valence-electron chi connectivity index (χ0n) is 18.6. The predicted molar refractivity (Wildman–Crippen MR) is 124 cm³/mol. The Hall–Kier alpha value is 0.283. The third-order valence-electron chi connectivity index (χ3n) is 4.93. The van der Waals surface area contributed by atoms with Gasteiger partial charge in [0.25, 0.3) is 0 Å². The number of anilines is 2. The van der Waals surface area contributed by atoms with Crippen LogP contribution in [0.1, 0.15) is 23.2 Å². The first-order valence-corrected chi connectivity index (χ1v) is 18.1. The van der Waals surface area contributed by atoms with E-state index in [1.165, 1.54) is 12.1 Å². The molecule has 1 atom stereocenters. The molecule has 0 aromatic carbocycles. The monoisotopic (exact) mass is 766 g/mol. The maximum absolute atomic E-state index is 9.84. The van der Waals surface area contributed by atoms with E-state index in [0.29, 0.717) is 22.4 Å². The molecule has 0 aliphatic heterocycles. The van der Waals surface area contributed by atoms with Gasteiger partial charge in [-0.15, -0.1) is 0 Å². The number of thiazole rings is 1. The first-order valence-electron chi connectivity index (χ1n) is 10.1. The third-order valence-corrected chi connectivity index (χ3v) is 22.5. The summed E-state index contributed by atoms with van der Waals surface area (Å²) < 4.78 is 9.69. The van der Waals surface area contributed by atoms with E-state index < -0.39 is 6.10 Å². The van der Waals surface area contributed by atoms with Gasteiger partial charge in [0, 0.05) is 0 Å². The number of rotatable bonds is 8. The predicted octanol–water partition coefficient (Wildman–Crippen LogP) is 2.30. The van der Waals surface area contributed by atoms with Crippen molar-refractivity contribution in [3.8, 4) is 11.5 Å². The molecule has 0 amide bonds. The summed E-state index contributed by atoms with van der Waals surface area (Å²) in [5.41, 5.74) is 2.24. The Morgan fingerprint density at radius 2 is 2.15 bits per heavy atom. The zero-order chi connectivity index (χ0) is 23.5. The summed E-state index contributed by atoms with van der Waals surface area (Å²) in [7, 11) is 0. The fourth-order valence-corrected chi connectivity index (χ4v) is 8.24. The molecule has 4 rings (SSSR count). The van der Waals surface area contributed by atoms with Gasteiger partial charge in [-0.25, -0.2) is 0 Å². The van der Waals surface area contributed by atoms with Gasteiger partial charge in [-0.05, 0) is 0 Å². The van der Waals surface area contributed by atoms with Crippen LogP contribution in [0.15, 0.2) is 45.8 Å². The number of nitrogens with one attached hydrogen (secondary N) is 1. The van der Waals surface area contributed by atoms with Crippen molar-refractivity contribution in [2.75, 3.05) is 11.9 Å². The van der Waals surface area contributed by atoms with Gasteiger partial charge < -0.3 is 0 Å². The van der Waals surface area contributed by atoms with Crippen molar-refractivity contribution < 1.29 is 57.7 Å². The minimum atomic E-state index is -1.01. The second-order valence-electron chi connectivity index (χ2n) is 7.33. The van der Waals surface area contributed by atoms with E-state index in [0.717, 1.165) is 26.9 Å². The van der Waals surface area contributed by atoms with Crippen LogP contribution >= 0.6 is 23.1 Å². The van der Waals surface area contributed by atoms with Crippen molar-refractivity contribution in [2.45, 2.75) is 29.7 Å². The van der Waals surface area contributed by atoms with Crippen molar-refractivity contribution in [2.24, 2.45) is 0 Å². The number of ether oxygens (including phenoxy) is 1. The molecule has 9 nitrogen and oxygen atoms in total. The van der Waals surface area contributed by atoms with Crippen molar-refractivity contribution in [3.63, 3.8) is 0 Å². The van der Waals surface area contributed by atoms with Gasteiger partial charge in [0.1, 0.15) is 0 Å². The Kier molecular flexibility index (Phi) is 9.59. The molecule has 0 aliphatic rings. The van der Waals surface area contributed by atoms with E-state index in [1.807, 2.05) is 32.0 Å². The molecule has 4 aromatic heterocycles. The van der Waals surface area contributed by atoms with E-state index in [-0.39, 0.29) is 105 Å². The molecular formula is C20H19N6O3RaRbS2. The number of aromatic nitrogens is 5. The summed E-state index contributed by atoms with van der Waals surface area (Å²) in [4.78, 5) is 15.3. The number of aryl methyl sites for hydroxylation is 2. The van der Waals surface area contributed by atoms with Crippen LogP contribution in [0.3, 0.4) is 0 Å². The van der Waals surface area contributed by atoms with E-state index >= 15 is 0 Å². The first-order chi connectivity index (χ1) is 15.9. The molecule has 0 spiro atoms. The van der Waals surface area contributed by atoms with Crippen molar-refractivity contribution in [3.05, 3.63) is 53.1 Å². The summed E-state index contributed by atoms with van der Waals surface area (Å²) in [5.74, 6) is 1.91. The molecule has 3 N–H and O–H groups in total. The second kappa shape index (κ2) is 12.0. The molecule has 1 unspecified atom stereocenters. The number of aliphatic hydroxyl groups is 2. The van der Waals surface area contributed by atoms with Crippen LogP contribution in [0.5, 0.6) is 11.5 Å². The maximum atomic E-state index is 9.84. The van der Waals surface area contributed by atoms with Crippen LogP contribution < -0.4 is 10.8 Å². The van der Waals surface area contributed by atoms with Gasteiger partial charge in [-0.2, -0.15) is 0 Å². The van der Waals surface area contributed by atoms with Gasteiger partial charge in [0.05, 0.1) is 0 Å². The van der Waals surface area contributed by atoms with Gasteiger partial charge in [0.2, 0.25) is 0 Å². The topological polar surface area (TPSA) is 118 Å². The molecule has 0 saturated carbocycles. The van der Waals surface area contributed by atoms with Crippen LogP contribution in [0.2, 0.25) is 0 Å². The number of aliphatic hydroxyl groups excluding tert-OH is 2. The zero-order valence-corrected chi connectivity index (χ0v) is 33.4. The molecule has 4 aromatic rings. The summed E-state index contributed by atoms with van der Waals surface area (Å²) >= 11 is 3.20. The van der Waals surface area contributed by atoms with E-state index in [1.54, 1.807) is 29.5 Å². The normalized spacial score (nSPS) is 12.0. The van der Waals surface area contributed by atoms with Crippen LogP contribution in [0, 0.1) is 56.6 Å². The van der Waals surface area contributed by atoms with Gasteiger partial charge in [0.15, 0.2) is 0 Å². The average molecular weight is 767 g/mol. The Labute approximate surface area is 268 Å². The summed E-state index contributed by atoms with van der Waals surface area (Å²) in [6.07, 6.45) is 2.55. The molecule has 4 heterocycles. The number of nitrogens with zero attached hydrogens (tertiary/aromatic N) is 5. The molecule has 0 bridgehead atoms. The fraction of sp³-hybridized carbons (Fsp3) is 0.200. The molecule has 0 aliphatic carbocycles. The van der Waals surface area contributed by atoms with E-state index in [9.17, 15) is 10.2 Å². The van der Waals surface area contributed by atoms with Gasteiger partial charge >= 0.3 is 273 Å². The third kappa shape index (κ3) is 6.54. The Morgan fingerprint density at radius 1 is 1.33 bits per heavy atom. The Morgan fingerprint density at radius 3 is 2.85 bits per heavy atom. The number of hydrogen-bond donors (Lipinski definition) is 3.